The summed E-state index contributed by atoms with van der Waals surface area (Å²) in [5, 5.41) is 0. The first kappa shape index (κ1) is 14.6. The lowest BCUT2D eigenvalue weighted by atomic mass is 10.2. The third-order valence-corrected chi connectivity index (χ3v) is 4.65. The molecule has 0 aromatic heterocycles. The molecule has 0 saturated carbocycles. The number of rotatable bonds is 7. The highest BCUT2D eigenvalue weighted by Gasteiger charge is 2.22. The minimum atomic E-state index is -1.47. The van der Waals surface area contributed by atoms with Crippen LogP contribution < -0.4 is 0 Å². The molecule has 0 bridgehead atoms. The predicted molar refractivity (Wildman–Crippen MR) is 70.2 cm³/mol. The molecule has 0 atom stereocenters. The normalized spacial score (nSPS) is 10.7. The first-order valence-electron chi connectivity index (χ1n) is 6.28. The van der Waals surface area contributed by atoms with Gasteiger partial charge < -0.3 is 4.43 Å². The van der Waals surface area contributed by atoms with Crippen molar-refractivity contribution in [3.05, 3.63) is 0 Å². The monoisotopic (exact) mass is 226 g/mol. The third kappa shape index (κ3) is 9.87. The van der Waals surface area contributed by atoms with Crippen molar-refractivity contribution in [1.82, 2.24) is 0 Å². The molecule has 0 rings (SSSR count). The van der Waals surface area contributed by atoms with Crippen LogP contribution in [0.1, 0.15) is 52.4 Å². The topological polar surface area (TPSA) is 9.23 Å². The molecule has 0 amide bonds. The van der Waals surface area contributed by atoms with Gasteiger partial charge in [-0.25, -0.2) is 0 Å². The van der Waals surface area contributed by atoms with Gasteiger partial charge in [-0.1, -0.05) is 45.5 Å². The standard InChI is InChI=1S/C13H26OSi/c1-5-7-9-10-11-12-14-15(3,4)13-8-6-2/h5-10,13H2,1-4H3. The Balaban J connectivity index is 3.61. The van der Waals surface area contributed by atoms with E-state index < -0.39 is 8.32 Å². The van der Waals surface area contributed by atoms with Crippen LogP contribution in [0.5, 0.6) is 0 Å². The van der Waals surface area contributed by atoms with Gasteiger partial charge in [0.1, 0.15) is 0 Å². The molecule has 2 heteroatoms. The van der Waals surface area contributed by atoms with Crippen LogP contribution in [-0.2, 0) is 4.43 Å². The molecule has 0 aliphatic heterocycles. The van der Waals surface area contributed by atoms with E-state index in [1.807, 2.05) is 0 Å². The van der Waals surface area contributed by atoms with Crippen molar-refractivity contribution in [2.75, 3.05) is 0 Å². The predicted octanol–water partition coefficient (Wildman–Crippen LogP) is 4.55. The summed E-state index contributed by atoms with van der Waals surface area (Å²) in [6.07, 6.45) is 10.2. The molecule has 0 spiro atoms. The molecular weight excluding hydrogens is 200 g/mol. The van der Waals surface area contributed by atoms with Crippen molar-refractivity contribution < 1.29 is 4.43 Å². The Bertz CT molecular complexity index is 200. The van der Waals surface area contributed by atoms with Crippen LogP contribution in [0.2, 0.25) is 19.1 Å². The lowest BCUT2D eigenvalue weighted by molar-refractivity contribution is 0.504. The van der Waals surface area contributed by atoms with E-state index in [0.717, 1.165) is 6.42 Å². The summed E-state index contributed by atoms with van der Waals surface area (Å²) in [5.74, 6) is 3.12. The Morgan fingerprint density at radius 1 is 1.00 bits per heavy atom. The van der Waals surface area contributed by atoms with Crippen LogP contribution in [0, 0.1) is 12.0 Å². The van der Waals surface area contributed by atoms with Crippen LogP contribution in [-0.4, -0.2) is 8.32 Å². The summed E-state index contributed by atoms with van der Waals surface area (Å²) in [6, 6.07) is 1.23. The minimum absolute atomic E-state index is 0.992. The van der Waals surface area contributed by atoms with Gasteiger partial charge in [0, 0.05) is 6.42 Å². The molecule has 0 aliphatic carbocycles. The third-order valence-electron chi connectivity index (χ3n) is 2.44. The second-order valence-electron chi connectivity index (χ2n) is 4.70. The van der Waals surface area contributed by atoms with Crippen molar-refractivity contribution in [3.63, 3.8) is 0 Å². The highest BCUT2D eigenvalue weighted by molar-refractivity contribution is 6.71. The molecule has 0 aliphatic rings. The van der Waals surface area contributed by atoms with Gasteiger partial charge in [-0.2, -0.15) is 0 Å². The lowest BCUT2D eigenvalue weighted by Crippen LogP contribution is -2.27. The van der Waals surface area contributed by atoms with E-state index in [2.05, 4.69) is 39.0 Å². The van der Waals surface area contributed by atoms with Crippen molar-refractivity contribution in [2.45, 2.75) is 71.5 Å². The second-order valence-corrected chi connectivity index (χ2v) is 8.92. The van der Waals surface area contributed by atoms with Crippen LogP contribution >= 0.6 is 0 Å². The minimum Gasteiger partial charge on any atom is -0.501 e. The quantitative estimate of drug-likeness (QED) is 0.351. The molecule has 0 unspecified atom stereocenters. The van der Waals surface area contributed by atoms with Gasteiger partial charge in [0.2, 0.25) is 0 Å². The van der Waals surface area contributed by atoms with Gasteiger partial charge in [-0.3, -0.25) is 0 Å². The summed E-state index contributed by atoms with van der Waals surface area (Å²) < 4.78 is 5.69. The fraction of sp³-hybridized carbons (Fsp3) is 0.846. The molecule has 0 N–H and O–H groups in total. The first-order chi connectivity index (χ1) is 7.12. The zero-order valence-electron chi connectivity index (χ0n) is 10.9. The number of hydrogen-bond donors (Lipinski definition) is 0. The van der Waals surface area contributed by atoms with Crippen LogP contribution in [0.15, 0.2) is 0 Å². The molecule has 1 nitrogen and oxygen atoms in total. The molecule has 0 aromatic rings. The van der Waals surface area contributed by atoms with Gasteiger partial charge in [0.05, 0.1) is 6.11 Å². The van der Waals surface area contributed by atoms with Crippen LogP contribution in [0.25, 0.3) is 0 Å². The maximum atomic E-state index is 5.69. The Hall–Kier alpha value is -0.423. The van der Waals surface area contributed by atoms with Crippen molar-refractivity contribution in [3.8, 4) is 12.0 Å². The Labute approximate surface area is 96.7 Å². The molecular formula is C13H26OSi. The lowest BCUT2D eigenvalue weighted by Gasteiger charge is -2.18. The zero-order chi connectivity index (χ0) is 11.6. The number of unbranched alkanes of at least 4 members (excludes halogenated alkanes) is 4. The summed E-state index contributed by atoms with van der Waals surface area (Å²) in [6.45, 7) is 8.94. The van der Waals surface area contributed by atoms with E-state index in [1.165, 1.54) is 38.1 Å². The van der Waals surface area contributed by atoms with E-state index in [4.69, 9.17) is 4.43 Å². The molecule has 0 radical (unpaired) electrons. The Morgan fingerprint density at radius 2 is 1.67 bits per heavy atom. The van der Waals surface area contributed by atoms with Gasteiger partial charge >= 0.3 is 0 Å². The van der Waals surface area contributed by atoms with Crippen molar-refractivity contribution >= 4 is 8.32 Å². The van der Waals surface area contributed by atoms with E-state index in [0.29, 0.717) is 0 Å². The van der Waals surface area contributed by atoms with E-state index in [-0.39, 0.29) is 0 Å². The molecule has 0 aromatic carbocycles. The SMILES string of the molecule is CCCCCC#CO[Si](C)(C)CCCC. The number of hydrogen-bond acceptors (Lipinski definition) is 1. The molecule has 15 heavy (non-hydrogen) atoms. The van der Waals surface area contributed by atoms with Gasteiger partial charge in [0.25, 0.3) is 8.32 Å². The van der Waals surface area contributed by atoms with Gasteiger partial charge in [-0.15, -0.1) is 0 Å². The highest BCUT2D eigenvalue weighted by atomic mass is 28.4. The molecule has 0 fully saturated rings. The molecule has 0 heterocycles. The van der Waals surface area contributed by atoms with Gasteiger partial charge in [-0.05, 0) is 25.6 Å². The van der Waals surface area contributed by atoms with E-state index in [1.54, 1.807) is 0 Å². The van der Waals surface area contributed by atoms with Crippen molar-refractivity contribution in [1.29, 1.82) is 0 Å². The molecule has 88 valence electrons. The largest absolute Gasteiger partial charge is 0.501 e. The van der Waals surface area contributed by atoms with Gasteiger partial charge in [0.15, 0.2) is 0 Å². The second kappa shape index (κ2) is 8.85. The van der Waals surface area contributed by atoms with Crippen LogP contribution in [0.3, 0.4) is 0 Å². The Morgan fingerprint density at radius 3 is 2.27 bits per heavy atom. The molecule has 0 saturated heterocycles. The Kier molecular flexibility index (Phi) is 8.60. The van der Waals surface area contributed by atoms with Crippen molar-refractivity contribution in [2.24, 2.45) is 0 Å². The van der Waals surface area contributed by atoms with Crippen LogP contribution in [0.4, 0.5) is 0 Å². The summed E-state index contributed by atoms with van der Waals surface area (Å²) >= 11 is 0. The average molecular weight is 226 g/mol. The van der Waals surface area contributed by atoms with E-state index in [9.17, 15) is 0 Å². The highest BCUT2D eigenvalue weighted by Crippen LogP contribution is 2.14. The first-order valence-corrected chi connectivity index (χ1v) is 9.39. The fourth-order valence-corrected chi connectivity index (χ4v) is 3.00. The average Bonchev–Trinajstić information content (AvgIpc) is 2.20. The maximum absolute atomic E-state index is 5.69. The fourth-order valence-electron chi connectivity index (χ4n) is 1.34. The zero-order valence-corrected chi connectivity index (χ0v) is 11.9. The summed E-state index contributed by atoms with van der Waals surface area (Å²) in [7, 11) is -1.47. The summed E-state index contributed by atoms with van der Waals surface area (Å²) in [4.78, 5) is 0. The smallest absolute Gasteiger partial charge is 0.258 e. The maximum Gasteiger partial charge on any atom is 0.258 e. The summed E-state index contributed by atoms with van der Waals surface area (Å²) in [5.41, 5.74) is 0. The van der Waals surface area contributed by atoms with E-state index >= 15 is 0 Å².